The molecule has 0 aromatic carbocycles. The molecular weight excluding hydrogens is 226 g/mol. The van der Waals surface area contributed by atoms with Crippen molar-refractivity contribution in [1.82, 2.24) is 0 Å². The van der Waals surface area contributed by atoms with Gasteiger partial charge in [-0.05, 0) is 32.1 Å². The topological polar surface area (TPSA) is 52.3 Å². The number of unbranched alkanes of at least 4 members (excludes halogenated alkanes) is 7. The zero-order chi connectivity index (χ0) is 13.5. The molecule has 0 rings (SSSR count). The first-order chi connectivity index (χ1) is 8.77. The number of hydrogen-bond acceptors (Lipinski definition) is 2. The molecule has 0 saturated carbocycles. The normalized spacial score (nSPS) is 11.2. The van der Waals surface area contributed by atoms with Crippen LogP contribution >= 0.6 is 0 Å². The van der Waals surface area contributed by atoms with E-state index in [1.165, 1.54) is 32.1 Å². The van der Waals surface area contributed by atoms with Crippen LogP contribution in [0.15, 0.2) is 12.2 Å². The van der Waals surface area contributed by atoms with Crippen LogP contribution in [0, 0.1) is 0 Å². The molecule has 0 aromatic rings. The molecule has 3 heteroatoms. The molecule has 0 unspecified atom stereocenters. The number of rotatable bonds is 13. The summed E-state index contributed by atoms with van der Waals surface area (Å²) in [5, 5.41) is 0. The smallest absolute Gasteiger partial charge is 0.217 e. The maximum atomic E-state index is 10.5. The first-order valence-electron chi connectivity index (χ1n) is 7.19. The van der Waals surface area contributed by atoms with Crippen molar-refractivity contribution in [2.24, 2.45) is 5.73 Å². The van der Waals surface area contributed by atoms with Gasteiger partial charge in [0.1, 0.15) is 0 Å². The van der Waals surface area contributed by atoms with E-state index >= 15 is 0 Å². The molecular formula is C15H29NO2. The quantitative estimate of drug-likeness (QED) is 0.404. The highest BCUT2D eigenvalue weighted by atomic mass is 16.5. The van der Waals surface area contributed by atoms with Gasteiger partial charge in [-0.25, -0.2) is 0 Å². The van der Waals surface area contributed by atoms with Crippen molar-refractivity contribution in [3.8, 4) is 0 Å². The Morgan fingerprint density at radius 2 is 1.50 bits per heavy atom. The molecule has 0 aliphatic rings. The average Bonchev–Trinajstić information content (AvgIpc) is 2.34. The molecule has 0 spiro atoms. The summed E-state index contributed by atoms with van der Waals surface area (Å²) in [5.41, 5.74) is 5.08. The summed E-state index contributed by atoms with van der Waals surface area (Å²) in [6, 6.07) is 0. The Hall–Kier alpha value is -0.830. The Morgan fingerprint density at radius 3 is 2.11 bits per heavy atom. The lowest BCUT2D eigenvalue weighted by molar-refractivity contribution is -0.118. The molecule has 0 atom stereocenters. The van der Waals surface area contributed by atoms with E-state index in [1.54, 1.807) is 7.11 Å². The second-order valence-corrected chi connectivity index (χ2v) is 4.73. The highest BCUT2D eigenvalue weighted by Gasteiger charge is 1.94. The minimum atomic E-state index is -0.173. The average molecular weight is 255 g/mol. The van der Waals surface area contributed by atoms with Crippen LogP contribution in [-0.2, 0) is 9.53 Å². The summed E-state index contributed by atoms with van der Waals surface area (Å²) in [6.45, 7) is 0.857. The Morgan fingerprint density at radius 1 is 0.944 bits per heavy atom. The standard InChI is InChI=1S/C15H29NO2/c1-18-14-12-10-8-6-4-2-3-5-7-9-11-13-15(16)17/h6,8H,2-5,7,9-14H2,1H3,(H2,16,17)/b8-6+. The van der Waals surface area contributed by atoms with Crippen LogP contribution in [0.25, 0.3) is 0 Å². The summed E-state index contributed by atoms with van der Waals surface area (Å²) in [4.78, 5) is 10.5. The Kier molecular flexibility index (Phi) is 13.6. The lowest BCUT2D eigenvalue weighted by atomic mass is 10.1. The predicted octanol–water partition coefficient (Wildman–Crippen LogP) is 3.58. The van der Waals surface area contributed by atoms with Crippen molar-refractivity contribution < 1.29 is 9.53 Å². The number of primary amides is 1. The predicted molar refractivity (Wildman–Crippen MR) is 76.4 cm³/mol. The van der Waals surface area contributed by atoms with Gasteiger partial charge in [-0.15, -0.1) is 0 Å². The van der Waals surface area contributed by atoms with Gasteiger partial charge in [-0.3, -0.25) is 4.79 Å². The summed E-state index contributed by atoms with van der Waals surface area (Å²) >= 11 is 0. The number of hydrogen-bond donors (Lipinski definition) is 1. The largest absolute Gasteiger partial charge is 0.385 e. The van der Waals surface area contributed by atoms with Crippen molar-refractivity contribution in [2.45, 2.75) is 64.2 Å². The molecule has 3 nitrogen and oxygen atoms in total. The fourth-order valence-corrected chi connectivity index (χ4v) is 1.85. The number of amides is 1. The van der Waals surface area contributed by atoms with Crippen molar-refractivity contribution in [1.29, 1.82) is 0 Å². The first-order valence-corrected chi connectivity index (χ1v) is 7.19. The number of allylic oxidation sites excluding steroid dienone is 2. The lowest BCUT2D eigenvalue weighted by Crippen LogP contribution is -2.09. The van der Waals surface area contributed by atoms with E-state index in [0.717, 1.165) is 32.3 Å². The van der Waals surface area contributed by atoms with Crippen molar-refractivity contribution in [2.75, 3.05) is 13.7 Å². The summed E-state index contributed by atoms with van der Waals surface area (Å²) in [6.07, 6.45) is 15.7. The second-order valence-electron chi connectivity index (χ2n) is 4.73. The maximum Gasteiger partial charge on any atom is 0.217 e. The van der Waals surface area contributed by atoms with Gasteiger partial charge in [0.15, 0.2) is 0 Å². The van der Waals surface area contributed by atoms with Crippen LogP contribution in [0.4, 0.5) is 0 Å². The molecule has 0 fully saturated rings. The van der Waals surface area contributed by atoms with Crippen LogP contribution in [-0.4, -0.2) is 19.6 Å². The van der Waals surface area contributed by atoms with Crippen molar-refractivity contribution >= 4 is 5.91 Å². The third-order valence-electron chi connectivity index (χ3n) is 2.93. The molecule has 0 heterocycles. The van der Waals surface area contributed by atoms with E-state index in [1.807, 2.05) is 0 Å². The second kappa shape index (κ2) is 14.2. The summed E-state index contributed by atoms with van der Waals surface area (Å²) < 4.78 is 4.99. The molecule has 0 aliphatic heterocycles. The van der Waals surface area contributed by atoms with Gasteiger partial charge in [0.2, 0.25) is 5.91 Å². The summed E-state index contributed by atoms with van der Waals surface area (Å²) in [7, 11) is 1.74. The van der Waals surface area contributed by atoms with Crippen LogP contribution in [0.3, 0.4) is 0 Å². The van der Waals surface area contributed by atoms with Gasteiger partial charge in [0, 0.05) is 20.1 Å². The molecule has 0 bridgehead atoms. The molecule has 0 aromatic heterocycles. The molecule has 0 radical (unpaired) electrons. The molecule has 2 N–H and O–H groups in total. The zero-order valence-electron chi connectivity index (χ0n) is 11.8. The SMILES string of the molecule is COCCC/C=C/CCCCCCCCC(N)=O. The Labute approximate surface area is 112 Å². The lowest BCUT2D eigenvalue weighted by Gasteiger charge is -1.99. The van der Waals surface area contributed by atoms with E-state index in [4.69, 9.17) is 10.5 Å². The molecule has 106 valence electrons. The number of nitrogens with two attached hydrogens (primary N) is 1. The van der Waals surface area contributed by atoms with E-state index in [9.17, 15) is 4.79 Å². The van der Waals surface area contributed by atoms with E-state index in [2.05, 4.69) is 12.2 Å². The van der Waals surface area contributed by atoms with Gasteiger partial charge in [-0.2, -0.15) is 0 Å². The van der Waals surface area contributed by atoms with Gasteiger partial charge >= 0.3 is 0 Å². The van der Waals surface area contributed by atoms with Crippen LogP contribution in [0.5, 0.6) is 0 Å². The Balaban J connectivity index is 3.04. The first kappa shape index (κ1) is 17.2. The van der Waals surface area contributed by atoms with Crippen LogP contribution in [0.1, 0.15) is 64.2 Å². The minimum absolute atomic E-state index is 0.173. The third kappa shape index (κ3) is 15.2. The molecule has 0 saturated heterocycles. The van der Waals surface area contributed by atoms with Crippen molar-refractivity contribution in [3.05, 3.63) is 12.2 Å². The fourth-order valence-electron chi connectivity index (χ4n) is 1.85. The maximum absolute atomic E-state index is 10.5. The van der Waals surface area contributed by atoms with E-state index < -0.39 is 0 Å². The fraction of sp³-hybridized carbons (Fsp3) is 0.800. The zero-order valence-corrected chi connectivity index (χ0v) is 11.8. The van der Waals surface area contributed by atoms with Gasteiger partial charge < -0.3 is 10.5 Å². The minimum Gasteiger partial charge on any atom is -0.385 e. The Bertz CT molecular complexity index is 215. The number of carbonyl (C=O) groups is 1. The molecule has 0 aliphatic carbocycles. The molecule has 1 amide bonds. The summed E-state index contributed by atoms with van der Waals surface area (Å²) in [5.74, 6) is -0.173. The number of ether oxygens (including phenoxy) is 1. The number of carbonyl (C=O) groups excluding carboxylic acids is 1. The van der Waals surface area contributed by atoms with Crippen LogP contribution in [0.2, 0.25) is 0 Å². The number of methoxy groups -OCH3 is 1. The highest BCUT2D eigenvalue weighted by Crippen LogP contribution is 2.08. The highest BCUT2D eigenvalue weighted by molar-refractivity contribution is 5.73. The van der Waals surface area contributed by atoms with Gasteiger partial charge in [0.25, 0.3) is 0 Å². The van der Waals surface area contributed by atoms with Gasteiger partial charge in [-0.1, -0.05) is 37.8 Å². The molecule has 18 heavy (non-hydrogen) atoms. The van der Waals surface area contributed by atoms with E-state index in [0.29, 0.717) is 6.42 Å². The van der Waals surface area contributed by atoms with Gasteiger partial charge in [0.05, 0.1) is 0 Å². The third-order valence-corrected chi connectivity index (χ3v) is 2.93. The van der Waals surface area contributed by atoms with E-state index in [-0.39, 0.29) is 5.91 Å². The monoisotopic (exact) mass is 255 g/mol. The van der Waals surface area contributed by atoms with Crippen molar-refractivity contribution in [3.63, 3.8) is 0 Å². The van der Waals surface area contributed by atoms with Crippen LogP contribution < -0.4 is 5.73 Å².